The number of benzene rings is 8. The number of nitrogens with zero attached hydrogens (tertiary/aromatic N) is 2. The van der Waals surface area contributed by atoms with Crippen molar-refractivity contribution in [3.63, 3.8) is 0 Å². The number of rotatable bonds is 5. The lowest BCUT2D eigenvalue weighted by molar-refractivity contribution is 0.471. The normalized spacial score (nSPS) is 13.5. The van der Waals surface area contributed by atoms with Crippen LogP contribution >= 0.6 is 0 Å². The number of hydrogen-bond acceptors (Lipinski definition) is 3. The summed E-state index contributed by atoms with van der Waals surface area (Å²) in [5.74, 6) is 1.71. The molecule has 248 valence electrons. The van der Waals surface area contributed by atoms with Crippen LogP contribution < -0.4 is 14.5 Å². The van der Waals surface area contributed by atoms with Gasteiger partial charge in [-0.1, -0.05) is 141 Å². The highest BCUT2D eigenvalue weighted by Gasteiger charge is 2.43. The highest BCUT2D eigenvalue weighted by molar-refractivity contribution is 5.98. The Morgan fingerprint density at radius 3 is 1.85 bits per heavy atom. The van der Waals surface area contributed by atoms with E-state index in [0.29, 0.717) is 0 Å². The van der Waals surface area contributed by atoms with E-state index in [-0.39, 0.29) is 5.41 Å². The first-order valence-corrected chi connectivity index (χ1v) is 17.9. The molecule has 0 amide bonds. The molecule has 0 atom stereocenters. The Balaban J connectivity index is 1.18. The molecule has 0 aliphatic carbocycles. The molecule has 0 bridgehead atoms. The lowest BCUT2D eigenvalue weighted by Gasteiger charge is -2.46. The molecule has 2 aliphatic heterocycles. The quantitative estimate of drug-likeness (QED) is 0.182. The molecule has 0 radical (unpaired) electrons. The Morgan fingerprint density at radius 2 is 1.06 bits per heavy atom. The lowest BCUT2D eigenvalue weighted by atomic mass is 9.70. The molecule has 52 heavy (non-hydrogen) atoms. The molecule has 0 N–H and O–H groups in total. The van der Waals surface area contributed by atoms with Crippen molar-refractivity contribution in [2.24, 2.45) is 0 Å². The zero-order chi connectivity index (χ0) is 34.8. The Labute approximate surface area is 304 Å². The van der Waals surface area contributed by atoms with Gasteiger partial charge in [0.15, 0.2) is 11.5 Å². The minimum Gasteiger partial charge on any atom is -0.453 e. The van der Waals surface area contributed by atoms with Gasteiger partial charge in [-0.05, 0) is 98.8 Å². The van der Waals surface area contributed by atoms with Gasteiger partial charge in [0.05, 0.1) is 17.1 Å². The summed E-state index contributed by atoms with van der Waals surface area (Å²) in [5, 5.41) is 2.42. The van der Waals surface area contributed by atoms with Gasteiger partial charge in [0.1, 0.15) is 0 Å². The van der Waals surface area contributed by atoms with E-state index < -0.39 is 0 Å². The predicted octanol–water partition coefficient (Wildman–Crippen LogP) is 13.9. The van der Waals surface area contributed by atoms with E-state index in [2.05, 4.69) is 206 Å². The minimum absolute atomic E-state index is 0.264. The van der Waals surface area contributed by atoms with E-state index in [4.69, 9.17) is 4.74 Å². The fraction of sp³-hybridized carbons (Fsp3) is 0.0612. The van der Waals surface area contributed by atoms with Gasteiger partial charge in [-0.25, -0.2) is 0 Å². The van der Waals surface area contributed by atoms with Crippen LogP contribution in [0.25, 0.3) is 33.0 Å². The first-order valence-electron chi connectivity index (χ1n) is 17.9. The highest BCUT2D eigenvalue weighted by Crippen LogP contribution is 2.62. The second-order valence-electron chi connectivity index (χ2n) is 14.2. The van der Waals surface area contributed by atoms with Gasteiger partial charge in [0.2, 0.25) is 0 Å². The van der Waals surface area contributed by atoms with E-state index in [0.717, 1.165) is 39.9 Å². The Kier molecular flexibility index (Phi) is 6.84. The zero-order valence-corrected chi connectivity index (χ0v) is 29.1. The van der Waals surface area contributed by atoms with Crippen LogP contribution in [-0.2, 0) is 5.41 Å². The standard InChI is InChI=1S/C49H36N2O/c1-49(2)42-19-11-12-20-43(42)51-44-32-40(27-29-45(44)52-46-30-28-41(47(49)48(46)51)36-16-7-4-8-17-36)50(39-26-23-34-15-9-10-18-37(34)31-39)38-24-21-35(22-25-38)33-13-5-3-6-14-33/h3-32H,1-2H3. The fourth-order valence-corrected chi connectivity index (χ4v) is 8.29. The predicted molar refractivity (Wildman–Crippen MR) is 216 cm³/mol. The summed E-state index contributed by atoms with van der Waals surface area (Å²) in [4.78, 5) is 4.80. The molecule has 0 saturated carbocycles. The molecule has 8 aromatic rings. The molecule has 2 heterocycles. The van der Waals surface area contributed by atoms with Gasteiger partial charge in [0, 0.05) is 22.5 Å². The molecular weight excluding hydrogens is 633 g/mol. The summed E-state index contributed by atoms with van der Waals surface area (Å²) in [6.45, 7) is 4.69. The summed E-state index contributed by atoms with van der Waals surface area (Å²) >= 11 is 0. The van der Waals surface area contributed by atoms with Crippen LogP contribution in [0.2, 0.25) is 0 Å². The molecule has 0 saturated heterocycles. The third-order valence-electron chi connectivity index (χ3n) is 10.8. The number of fused-ring (bicyclic) bond motifs is 5. The van der Waals surface area contributed by atoms with Crippen LogP contribution in [-0.4, -0.2) is 0 Å². The largest absolute Gasteiger partial charge is 0.453 e. The SMILES string of the molecule is CC1(C)c2ccccc2N2c3cc(N(c4ccc(-c5ccccc5)cc4)c4ccc5ccccc5c4)ccc3Oc3ccc(-c4ccccc4)c1c32. The van der Waals surface area contributed by atoms with Gasteiger partial charge >= 0.3 is 0 Å². The molecule has 8 aromatic carbocycles. The van der Waals surface area contributed by atoms with Crippen LogP contribution in [0.3, 0.4) is 0 Å². The van der Waals surface area contributed by atoms with Crippen molar-refractivity contribution in [1.29, 1.82) is 0 Å². The maximum absolute atomic E-state index is 6.83. The lowest BCUT2D eigenvalue weighted by Crippen LogP contribution is -2.33. The summed E-state index contributed by atoms with van der Waals surface area (Å²) in [7, 11) is 0. The van der Waals surface area contributed by atoms with Gasteiger partial charge in [-0.15, -0.1) is 0 Å². The summed E-state index contributed by atoms with van der Waals surface area (Å²) < 4.78 is 6.83. The monoisotopic (exact) mass is 668 g/mol. The van der Waals surface area contributed by atoms with Gasteiger partial charge in [-0.3, -0.25) is 0 Å². The summed E-state index contributed by atoms with van der Waals surface area (Å²) in [5.41, 5.74) is 13.7. The average Bonchev–Trinajstić information content (AvgIpc) is 3.20. The molecule has 0 spiro atoms. The third-order valence-corrected chi connectivity index (χ3v) is 10.8. The molecule has 0 unspecified atom stereocenters. The van der Waals surface area contributed by atoms with Crippen LogP contribution in [0.15, 0.2) is 182 Å². The molecule has 3 heteroatoms. The molecule has 3 nitrogen and oxygen atoms in total. The van der Waals surface area contributed by atoms with E-state index in [1.54, 1.807) is 0 Å². The number of hydrogen-bond donors (Lipinski definition) is 0. The topological polar surface area (TPSA) is 15.7 Å². The maximum atomic E-state index is 6.83. The molecule has 10 rings (SSSR count). The van der Waals surface area contributed by atoms with Crippen molar-refractivity contribution in [1.82, 2.24) is 0 Å². The van der Waals surface area contributed by atoms with E-state index in [1.165, 1.54) is 49.8 Å². The van der Waals surface area contributed by atoms with Crippen molar-refractivity contribution in [3.05, 3.63) is 193 Å². The van der Waals surface area contributed by atoms with Crippen molar-refractivity contribution in [2.45, 2.75) is 19.3 Å². The van der Waals surface area contributed by atoms with Crippen molar-refractivity contribution in [3.8, 4) is 33.8 Å². The highest BCUT2D eigenvalue weighted by atomic mass is 16.5. The minimum atomic E-state index is -0.264. The van der Waals surface area contributed by atoms with Crippen molar-refractivity contribution in [2.75, 3.05) is 9.80 Å². The molecule has 2 aliphatic rings. The Hall–Kier alpha value is -6.58. The van der Waals surface area contributed by atoms with Crippen LogP contribution in [0.5, 0.6) is 11.5 Å². The van der Waals surface area contributed by atoms with Crippen LogP contribution in [0, 0.1) is 0 Å². The first kappa shape index (κ1) is 30.3. The summed E-state index contributed by atoms with van der Waals surface area (Å²) in [6.07, 6.45) is 0. The van der Waals surface area contributed by atoms with Crippen molar-refractivity contribution < 1.29 is 4.74 Å². The average molecular weight is 669 g/mol. The smallest absolute Gasteiger partial charge is 0.151 e. The zero-order valence-electron chi connectivity index (χ0n) is 29.1. The van der Waals surface area contributed by atoms with Crippen LogP contribution in [0.1, 0.15) is 25.0 Å². The Morgan fingerprint density at radius 1 is 0.462 bits per heavy atom. The second kappa shape index (κ2) is 11.8. The number of para-hydroxylation sites is 1. The number of ether oxygens (including phenoxy) is 1. The Bertz CT molecular complexity index is 2630. The van der Waals surface area contributed by atoms with Gasteiger partial charge < -0.3 is 14.5 Å². The van der Waals surface area contributed by atoms with E-state index >= 15 is 0 Å². The fourth-order valence-electron chi connectivity index (χ4n) is 8.29. The van der Waals surface area contributed by atoms with Gasteiger partial charge in [-0.2, -0.15) is 0 Å². The molecule has 0 fully saturated rings. The van der Waals surface area contributed by atoms with E-state index in [9.17, 15) is 0 Å². The number of anilines is 6. The molecular formula is C49H36N2O. The third kappa shape index (κ3) is 4.74. The second-order valence-corrected chi connectivity index (χ2v) is 14.2. The van der Waals surface area contributed by atoms with Crippen molar-refractivity contribution >= 4 is 44.9 Å². The molecule has 0 aromatic heterocycles. The van der Waals surface area contributed by atoms with E-state index in [1.807, 2.05) is 0 Å². The van der Waals surface area contributed by atoms with Gasteiger partial charge in [0.25, 0.3) is 0 Å². The maximum Gasteiger partial charge on any atom is 0.151 e. The summed E-state index contributed by atoms with van der Waals surface area (Å²) in [6, 6.07) is 65.3. The van der Waals surface area contributed by atoms with Crippen LogP contribution in [0.4, 0.5) is 34.1 Å². The first-order chi connectivity index (χ1) is 25.5.